The summed E-state index contributed by atoms with van der Waals surface area (Å²) in [5.41, 5.74) is -6.54. The first-order valence-electron chi connectivity index (χ1n) is 12.3. The quantitative estimate of drug-likeness (QED) is 0.123. The largest absolute Gasteiger partial charge is 1.00 e. The monoisotopic (exact) mass is 830 g/mol. The fourth-order valence-corrected chi connectivity index (χ4v) is 8.03. The molecule has 0 bridgehead atoms. The van der Waals surface area contributed by atoms with Crippen LogP contribution in [0, 0.1) is 0 Å². The summed E-state index contributed by atoms with van der Waals surface area (Å²) in [5, 5.41) is 0. The third-order valence-electron chi connectivity index (χ3n) is 7.21. The second kappa shape index (κ2) is 9.00. The van der Waals surface area contributed by atoms with Gasteiger partial charge in [-0.3, -0.25) is 0 Å². The third-order valence-corrected chi connectivity index (χ3v) is 11.8. The summed E-state index contributed by atoms with van der Waals surface area (Å²) in [7, 11) is -43.8. The van der Waals surface area contributed by atoms with E-state index in [1.54, 1.807) is 0 Å². The van der Waals surface area contributed by atoms with Crippen LogP contribution in [0.1, 0.15) is 0 Å². The van der Waals surface area contributed by atoms with E-state index in [0.717, 1.165) is 0 Å². The van der Waals surface area contributed by atoms with E-state index in [2.05, 4.69) is 0 Å². The molecule has 4 aromatic carbocycles. The summed E-state index contributed by atoms with van der Waals surface area (Å²) < 4.78 is 279. The molecule has 0 aliphatic heterocycles. The maximum Gasteiger partial charge on any atom is 1.00 e. The van der Waals surface area contributed by atoms with Crippen LogP contribution in [0.3, 0.4) is 0 Å². The fourth-order valence-electron chi connectivity index (χ4n) is 5.25. The molecule has 0 aliphatic carbocycles. The number of benzene rings is 4. The minimum Gasteiger partial charge on any atom is -0.194 e. The molecule has 26 heteroatoms. The SMILES string of the molecule is FS(F)(F)(F)(F)c1cccc([B-](c2cccc(S(F)(F)(F)(F)F)c2)(c2cccc(S(F)(F)(F)(F)F)c2)c2cccc(S(F)(F)(F)(F)F)c2)c1.[Li+]. The first-order valence-corrected chi connectivity index (χ1v) is 20.1. The van der Waals surface area contributed by atoms with Gasteiger partial charge in [0.15, 0.2) is 0 Å². The van der Waals surface area contributed by atoms with Gasteiger partial charge >= 0.3 is 59.8 Å². The predicted octanol–water partition coefficient (Wildman–Crippen LogP) is 10.7. The first-order chi connectivity index (χ1) is 20.8. The van der Waals surface area contributed by atoms with Crippen molar-refractivity contribution in [2.24, 2.45) is 0 Å². The van der Waals surface area contributed by atoms with Crippen LogP contribution in [-0.4, -0.2) is 6.15 Å². The molecule has 0 radical (unpaired) electrons. The van der Waals surface area contributed by atoms with E-state index in [4.69, 9.17) is 0 Å². The van der Waals surface area contributed by atoms with Crippen molar-refractivity contribution in [3.63, 3.8) is 0 Å². The van der Waals surface area contributed by atoms with E-state index in [-0.39, 0.29) is 91.7 Å². The van der Waals surface area contributed by atoms with Crippen LogP contribution in [0.25, 0.3) is 0 Å². The average molecular weight is 830 g/mol. The first kappa shape index (κ1) is 42.0. The third kappa shape index (κ3) is 8.76. The predicted molar refractivity (Wildman–Crippen MR) is 156 cm³/mol. The van der Waals surface area contributed by atoms with Crippen molar-refractivity contribution >= 4 is 68.9 Å². The molecule has 0 aromatic heterocycles. The molecule has 280 valence electrons. The van der Waals surface area contributed by atoms with Gasteiger partial charge in [-0.25, -0.2) is 0 Å². The molecule has 0 nitrogen and oxygen atoms in total. The van der Waals surface area contributed by atoms with Crippen molar-refractivity contribution in [3.05, 3.63) is 97.1 Å². The molecule has 0 atom stereocenters. The van der Waals surface area contributed by atoms with Gasteiger partial charge in [0.05, 0.1) is 0 Å². The Kier molecular flexibility index (Phi) is 7.56. The van der Waals surface area contributed by atoms with Gasteiger partial charge in [-0.15, -0.1) is 0 Å². The van der Waals surface area contributed by atoms with Crippen molar-refractivity contribution in [3.8, 4) is 0 Å². The summed E-state index contributed by atoms with van der Waals surface area (Å²) in [6.07, 6.45) is -4.96. The molecule has 0 spiro atoms. The van der Waals surface area contributed by atoms with Crippen LogP contribution in [0.2, 0.25) is 0 Å². The Labute approximate surface area is 281 Å². The molecule has 0 saturated carbocycles. The van der Waals surface area contributed by atoms with Crippen molar-refractivity contribution in [1.29, 1.82) is 0 Å². The molecule has 0 fully saturated rings. The smallest absolute Gasteiger partial charge is 0.194 e. The Morgan fingerprint density at radius 1 is 0.280 bits per heavy atom. The van der Waals surface area contributed by atoms with E-state index >= 15 is 0 Å². The maximum absolute atomic E-state index is 14.0. The van der Waals surface area contributed by atoms with Gasteiger partial charge < -0.3 is 0 Å². The van der Waals surface area contributed by atoms with Crippen LogP contribution in [0.4, 0.5) is 77.7 Å². The molecule has 0 aliphatic rings. The number of hydrogen-bond acceptors (Lipinski definition) is 0. The van der Waals surface area contributed by atoms with Gasteiger partial charge in [-0.1, -0.05) is 151 Å². The molecule has 4 aromatic rings. The van der Waals surface area contributed by atoms with E-state index in [1.165, 1.54) is 0 Å². The van der Waals surface area contributed by atoms with Crippen LogP contribution < -0.4 is 40.7 Å². The Balaban J connectivity index is 0.00000676. The molecular weight excluding hydrogens is 814 g/mol. The van der Waals surface area contributed by atoms with Gasteiger partial charge in [-0.2, -0.15) is 21.9 Å². The van der Waals surface area contributed by atoms with Crippen LogP contribution in [0.15, 0.2) is 117 Å². The second-order valence-corrected chi connectivity index (χ2v) is 20.7. The molecule has 4 rings (SSSR count). The Morgan fingerprint density at radius 3 is 0.580 bits per heavy atom. The summed E-state index contributed by atoms with van der Waals surface area (Å²) in [6.45, 7) is 0. The number of hydrogen-bond donors (Lipinski definition) is 0. The zero-order chi connectivity index (χ0) is 38.1. The zero-order valence-electron chi connectivity index (χ0n) is 24.0. The van der Waals surface area contributed by atoms with E-state index in [0.29, 0.717) is 0 Å². The van der Waals surface area contributed by atoms with Crippen LogP contribution >= 0.6 is 40.9 Å². The normalized spacial score (nSPS) is 20.1. The summed E-state index contributed by atoms with van der Waals surface area (Å²) in [5.74, 6) is 0. The molecule has 0 N–H and O–H groups in total. The Bertz CT molecular complexity index is 1750. The van der Waals surface area contributed by atoms with Gasteiger partial charge in [0.1, 0.15) is 25.7 Å². The minimum atomic E-state index is -11.0. The average Bonchev–Trinajstić information content (AvgIpc) is 2.85. The number of rotatable bonds is 8. The van der Waals surface area contributed by atoms with Crippen LogP contribution in [-0.2, 0) is 0 Å². The summed E-state index contributed by atoms with van der Waals surface area (Å²) in [6, 6.07) is -3.24. The minimum absolute atomic E-state index is 0. The van der Waals surface area contributed by atoms with E-state index in [9.17, 15) is 77.7 Å². The van der Waals surface area contributed by atoms with Gasteiger partial charge in [0, 0.05) is 0 Å². The summed E-state index contributed by atoms with van der Waals surface area (Å²) in [4.78, 5) is -11.9. The summed E-state index contributed by atoms with van der Waals surface area (Å²) >= 11 is 0. The van der Waals surface area contributed by atoms with Crippen molar-refractivity contribution < 1.29 is 96.6 Å². The standard InChI is InChI=1S/C24H16BF20S4.Li/c26-46(27,28,29,30)21-9-1-5-17(13-21)25(18-6-2-10-22(14-18)47(31,32,33,34)35,19-7-3-11-23(15-19)48(36,37,38,39)40)20-8-4-12-24(16-20)49(41,42,43,44)45;/h1-16H;/q-1;+1. The van der Waals surface area contributed by atoms with Crippen molar-refractivity contribution in [2.45, 2.75) is 19.6 Å². The molecule has 0 unspecified atom stereocenters. The fraction of sp³-hybridized carbons (Fsp3) is 0. The zero-order valence-corrected chi connectivity index (χ0v) is 27.3. The maximum atomic E-state index is 14.0. The van der Waals surface area contributed by atoms with E-state index in [1.807, 2.05) is 0 Å². The Morgan fingerprint density at radius 2 is 0.440 bits per heavy atom. The second-order valence-electron chi connectivity index (χ2n) is 11.0. The number of halogens is 20. The van der Waals surface area contributed by atoms with Gasteiger partial charge in [-0.05, 0) is 24.3 Å². The van der Waals surface area contributed by atoms with E-state index < -0.39 is 113 Å². The molecule has 0 heterocycles. The van der Waals surface area contributed by atoms with Gasteiger partial charge in [0.2, 0.25) is 0 Å². The van der Waals surface area contributed by atoms with Gasteiger partial charge in [0.25, 0.3) is 0 Å². The van der Waals surface area contributed by atoms with Crippen molar-refractivity contribution in [2.75, 3.05) is 0 Å². The van der Waals surface area contributed by atoms with Crippen molar-refractivity contribution in [1.82, 2.24) is 0 Å². The molecule has 0 amide bonds. The molecular formula is C24H16BF20LiS4. The van der Waals surface area contributed by atoms with Crippen LogP contribution in [0.5, 0.6) is 0 Å². The Hall–Kier alpha value is -2.46. The molecule has 0 saturated heterocycles. The molecule has 50 heavy (non-hydrogen) atoms. The topological polar surface area (TPSA) is 0 Å².